The van der Waals surface area contributed by atoms with Gasteiger partial charge in [-0.15, -0.1) is 24.0 Å². The molecule has 1 aliphatic heterocycles. The number of likely N-dealkylation sites (tertiary alicyclic amines) is 1. The molecule has 1 saturated heterocycles. The van der Waals surface area contributed by atoms with Crippen molar-refractivity contribution in [2.75, 3.05) is 54.1 Å². The Hall–Kier alpha value is -2.04. The van der Waals surface area contributed by atoms with Crippen LogP contribution in [0.1, 0.15) is 30.0 Å². The number of nitrogens with one attached hydrogen (secondary N) is 2. The zero-order valence-electron chi connectivity index (χ0n) is 19.9. The van der Waals surface area contributed by atoms with Gasteiger partial charge in [-0.05, 0) is 61.3 Å². The van der Waals surface area contributed by atoms with E-state index in [-0.39, 0.29) is 30.0 Å². The smallest absolute Gasteiger partial charge is 0.191 e. The summed E-state index contributed by atoms with van der Waals surface area (Å²) in [5.74, 6) is 2.53. The van der Waals surface area contributed by atoms with Crippen LogP contribution in [0.25, 0.3) is 0 Å². The van der Waals surface area contributed by atoms with Crippen molar-refractivity contribution in [1.29, 1.82) is 0 Å². The van der Waals surface area contributed by atoms with Gasteiger partial charge in [0.15, 0.2) is 5.96 Å². The maximum absolute atomic E-state index is 5.63. The van der Waals surface area contributed by atoms with E-state index in [1.807, 2.05) is 18.2 Å². The number of methoxy groups -OCH3 is 2. The molecule has 0 aliphatic carbocycles. The van der Waals surface area contributed by atoms with E-state index in [1.54, 1.807) is 21.3 Å². The highest BCUT2D eigenvalue weighted by Gasteiger charge is 2.24. The van der Waals surface area contributed by atoms with Crippen molar-refractivity contribution in [1.82, 2.24) is 15.5 Å². The van der Waals surface area contributed by atoms with Crippen LogP contribution in [-0.2, 0) is 11.3 Å². The van der Waals surface area contributed by atoms with E-state index in [4.69, 9.17) is 14.2 Å². The first-order valence-corrected chi connectivity index (χ1v) is 11.3. The molecule has 3 rings (SSSR count). The highest BCUT2D eigenvalue weighted by molar-refractivity contribution is 14.0. The summed E-state index contributed by atoms with van der Waals surface area (Å²) in [6.45, 7) is 4.84. The predicted octanol–water partition coefficient (Wildman–Crippen LogP) is 3.84. The van der Waals surface area contributed by atoms with Crippen molar-refractivity contribution >= 4 is 29.9 Å². The molecule has 0 aromatic heterocycles. The van der Waals surface area contributed by atoms with E-state index in [9.17, 15) is 0 Å². The molecule has 0 spiro atoms. The minimum absolute atomic E-state index is 0. The second-order valence-corrected chi connectivity index (χ2v) is 7.83. The van der Waals surface area contributed by atoms with E-state index < -0.39 is 0 Å². The van der Waals surface area contributed by atoms with E-state index >= 15 is 0 Å². The summed E-state index contributed by atoms with van der Waals surface area (Å²) >= 11 is 0. The highest BCUT2D eigenvalue weighted by Crippen LogP contribution is 2.27. The van der Waals surface area contributed by atoms with Gasteiger partial charge in [-0.1, -0.05) is 24.3 Å². The summed E-state index contributed by atoms with van der Waals surface area (Å²) in [5, 5.41) is 6.93. The van der Waals surface area contributed by atoms with Gasteiger partial charge >= 0.3 is 0 Å². The van der Waals surface area contributed by atoms with Crippen LogP contribution in [0.15, 0.2) is 53.5 Å². The van der Waals surface area contributed by atoms with Gasteiger partial charge in [0.25, 0.3) is 0 Å². The standard InChI is InChI=1S/C25H36N4O3.HI/c1-26-25(27-18-20-9-11-22(12-10-20)32-16-15-30-2)28-19-24(29-13-4-5-14-29)21-7-6-8-23(17-21)31-3;/h6-12,17,24H,4-5,13-16,18-19H2,1-3H3,(H2,26,27,28);1H. The monoisotopic (exact) mass is 568 g/mol. The Labute approximate surface area is 214 Å². The number of aliphatic imine (C=N–C) groups is 1. The van der Waals surface area contributed by atoms with Gasteiger partial charge in [-0.25, -0.2) is 0 Å². The molecule has 33 heavy (non-hydrogen) atoms. The molecule has 7 nitrogen and oxygen atoms in total. The molecule has 0 amide bonds. The van der Waals surface area contributed by atoms with Crippen molar-refractivity contribution in [3.8, 4) is 11.5 Å². The maximum Gasteiger partial charge on any atom is 0.191 e. The lowest BCUT2D eigenvalue weighted by Gasteiger charge is -2.29. The van der Waals surface area contributed by atoms with E-state index in [1.165, 1.54) is 18.4 Å². The summed E-state index contributed by atoms with van der Waals surface area (Å²) in [6.07, 6.45) is 2.50. The quantitative estimate of drug-likeness (QED) is 0.186. The molecule has 2 aromatic rings. The van der Waals surface area contributed by atoms with E-state index in [0.717, 1.165) is 42.7 Å². The van der Waals surface area contributed by atoms with Crippen molar-refractivity contribution in [3.63, 3.8) is 0 Å². The van der Waals surface area contributed by atoms with Crippen LogP contribution < -0.4 is 20.1 Å². The zero-order chi connectivity index (χ0) is 22.6. The fourth-order valence-electron chi connectivity index (χ4n) is 3.91. The predicted molar refractivity (Wildman–Crippen MR) is 144 cm³/mol. The molecule has 1 heterocycles. The molecule has 0 bridgehead atoms. The van der Waals surface area contributed by atoms with Crippen LogP contribution in [0.5, 0.6) is 11.5 Å². The lowest BCUT2D eigenvalue weighted by molar-refractivity contribution is 0.146. The molecule has 2 N–H and O–H groups in total. The van der Waals surface area contributed by atoms with Gasteiger partial charge in [-0.2, -0.15) is 0 Å². The molecule has 1 aliphatic rings. The van der Waals surface area contributed by atoms with Crippen molar-refractivity contribution in [3.05, 3.63) is 59.7 Å². The Morgan fingerprint density at radius 2 is 1.76 bits per heavy atom. The Morgan fingerprint density at radius 1 is 1.00 bits per heavy atom. The fourth-order valence-corrected chi connectivity index (χ4v) is 3.91. The first-order chi connectivity index (χ1) is 15.7. The number of ether oxygens (including phenoxy) is 3. The number of halogens is 1. The van der Waals surface area contributed by atoms with Crippen LogP contribution in [0, 0.1) is 0 Å². The second-order valence-electron chi connectivity index (χ2n) is 7.83. The van der Waals surface area contributed by atoms with Crippen LogP contribution in [0.2, 0.25) is 0 Å². The van der Waals surface area contributed by atoms with Gasteiger partial charge in [0.05, 0.1) is 19.8 Å². The number of hydrogen-bond donors (Lipinski definition) is 2. The summed E-state index contributed by atoms with van der Waals surface area (Å²) < 4.78 is 16.1. The Balaban J connectivity index is 0.00000385. The molecule has 1 atom stereocenters. The third-order valence-electron chi connectivity index (χ3n) is 5.69. The number of nitrogens with zero attached hydrogens (tertiary/aromatic N) is 2. The second kappa shape index (κ2) is 15.0. The molecule has 2 aromatic carbocycles. The summed E-state index contributed by atoms with van der Waals surface area (Å²) in [7, 11) is 5.19. The van der Waals surface area contributed by atoms with Gasteiger partial charge < -0.3 is 24.8 Å². The minimum atomic E-state index is 0. The van der Waals surface area contributed by atoms with Crippen LogP contribution in [-0.4, -0.2) is 65.0 Å². The van der Waals surface area contributed by atoms with Crippen LogP contribution >= 0.6 is 24.0 Å². The highest BCUT2D eigenvalue weighted by atomic mass is 127. The Bertz CT molecular complexity index is 842. The van der Waals surface area contributed by atoms with Gasteiger partial charge in [-0.3, -0.25) is 9.89 Å². The topological polar surface area (TPSA) is 67.4 Å². The zero-order valence-corrected chi connectivity index (χ0v) is 22.2. The number of rotatable bonds is 11. The number of benzene rings is 2. The molecule has 0 saturated carbocycles. The minimum Gasteiger partial charge on any atom is -0.497 e. The normalized spacial score (nSPS) is 14.9. The molecule has 1 fully saturated rings. The average molecular weight is 569 g/mol. The van der Waals surface area contributed by atoms with E-state index in [2.05, 4.69) is 50.9 Å². The fraction of sp³-hybridized carbons (Fsp3) is 0.480. The third-order valence-corrected chi connectivity index (χ3v) is 5.69. The number of hydrogen-bond acceptors (Lipinski definition) is 5. The average Bonchev–Trinajstić information content (AvgIpc) is 3.37. The summed E-state index contributed by atoms with van der Waals surface area (Å²) in [4.78, 5) is 6.95. The van der Waals surface area contributed by atoms with Crippen LogP contribution in [0.4, 0.5) is 0 Å². The molecule has 8 heteroatoms. The SMILES string of the molecule is CN=C(NCc1ccc(OCCOC)cc1)NCC(c1cccc(OC)c1)N1CCCC1.I. The lowest BCUT2D eigenvalue weighted by Crippen LogP contribution is -2.42. The Morgan fingerprint density at radius 3 is 2.42 bits per heavy atom. The van der Waals surface area contributed by atoms with Gasteiger partial charge in [0, 0.05) is 27.2 Å². The first-order valence-electron chi connectivity index (χ1n) is 11.3. The summed E-state index contributed by atoms with van der Waals surface area (Å²) in [5.41, 5.74) is 2.43. The molecule has 1 unspecified atom stereocenters. The molecular formula is C25H37IN4O3. The summed E-state index contributed by atoms with van der Waals surface area (Å²) in [6, 6.07) is 16.7. The Kier molecular flexibility index (Phi) is 12.3. The van der Waals surface area contributed by atoms with Gasteiger partial charge in [0.1, 0.15) is 18.1 Å². The first kappa shape index (κ1) is 27.2. The van der Waals surface area contributed by atoms with Gasteiger partial charge in [0.2, 0.25) is 0 Å². The van der Waals surface area contributed by atoms with Crippen molar-refractivity contribution in [2.24, 2.45) is 4.99 Å². The number of guanidine groups is 1. The maximum atomic E-state index is 5.63. The van der Waals surface area contributed by atoms with Crippen molar-refractivity contribution < 1.29 is 14.2 Å². The molecule has 0 radical (unpaired) electrons. The van der Waals surface area contributed by atoms with E-state index in [0.29, 0.717) is 19.8 Å². The third kappa shape index (κ3) is 8.68. The van der Waals surface area contributed by atoms with Crippen LogP contribution in [0.3, 0.4) is 0 Å². The lowest BCUT2D eigenvalue weighted by atomic mass is 10.1. The largest absolute Gasteiger partial charge is 0.497 e. The molecular weight excluding hydrogens is 531 g/mol. The van der Waals surface area contributed by atoms with Crippen molar-refractivity contribution in [2.45, 2.75) is 25.4 Å². The molecule has 182 valence electrons.